The summed E-state index contributed by atoms with van der Waals surface area (Å²) in [4.78, 5) is 10.4. The Hall–Kier alpha value is -0.573. The fourth-order valence-electron chi connectivity index (χ4n) is 0.670. The first-order valence-corrected chi connectivity index (χ1v) is 7.91. The molecule has 0 N–H and O–H groups in total. The number of ether oxygens (including phenoxy) is 1. The van der Waals surface area contributed by atoms with Gasteiger partial charge in [-0.25, -0.2) is 0 Å². The van der Waals surface area contributed by atoms with Crippen LogP contribution >= 0.6 is 0 Å². The van der Waals surface area contributed by atoms with Crippen LogP contribution in [-0.4, -0.2) is 20.7 Å². The number of rotatable bonds is 4. The lowest BCUT2D eigenvalue weighted by molar-refractivity contribution is -0.139. The maximum Gasteiger partial charge on any atom is 0.302 e. The fourth-order valence-corrected chi connectivity index (χ4v) is 1.54. The summed E-state index contributed by atoms with van der Waals surface area (Å²) in [5.74, 6) is -0.215. The third-order valence-corrected chi connectivity index (χ3v) is 2.74. The van der Waals surface area contributed by atoms with Crippen molar-refractivity contribution in [2.45, 2.75) is 32.6 Å². The summed E-state index contributed by atoms with van der Waals surface area (Å²) in [7, 11) is -0.962. The van der Waals surface area contributed by atoms with Gasteiger partial charge in [-0.05, 0) is 6.04 Å². The monoisotopic (exact) mass is 186 g/mol. The summed E-state index contributed by atoms with van der Waals surface area (Å²) in [6.07, 6.45) is 4.02. The number of carbonyl (C=O) groups is 1. The summed E-state index contributed by atoms with van der Waals surface area (Å²) in [6.45, 7) is 8.77. The second-order valence-electron chi connectivity index (χ2n) is 4.04. The molecule has 2 nitrogen and oxygen atoms in total. The molecular weight excluding hydrogens is 168 g/mol. The van der Waals surface area contributed by atoms with Crippen molar-refractivity contribution in [1.29, 1.82) is 0 Å². The summed E-state index contributed by atoms with van der Waals surface area (Å²) >= 11 is 0. The predicted molar refractivity (Wildman–Crippen MR) is 53.9 cm³/mol. The van der Waals surface area contributed by atoms with Crippen molar-refractivity contribution in [2.75, 3.05) is 6.61 Å². The number of hydrogen-bond donors (Lipinski definition) is 0. The molecule has 0 aliphatic carbocycles. The minimum absolute atomic E-state index is 0.215. The molecule has 12 heavy (non-hydrogen) atoms. The summed E-state index contributed by atoms with van der Waals surface area (Å²) in [6, 6.07) is 1.15. The number of hydrogen-bond acceptors (Lipinski definition) is 2. The van der Waals surface area contributed by atoms with Crippen LogP contribution in [0, 0.1) is 0 Å². The lowest BCUT2D eigenvalue weighted by atomic mass is 10.5. The van der Waals surface area contributed by atoms with E-state index in [1.807, 2.05) is 6.08 Å². The van der Waals surface area contributed by atoms with Crippen molar-refractivity contribution in [1.82, 2.24) is 0 Å². The van der Waals surface area contributed by atoms with Crippen LogP contribution in [0.25, 0.3) is 0 Å². The molecule has 0 fully saturated rings. The highest BCUT2D eigenvalue weighted by atomic mass is 28.3. The van der Waals surface area contributed by atoms with E-state index < -0.39 is 8.07 Å². The summed E-state index contributed by atoms with van der Waals surface area (Å²) in [5, 5.41) is 0. The zero-order valence-electron chi connectivity index (χ0n) is 8.39. The lowest BCUT2D eigenvalue weighted by Gasteiger charge is -2.11. The quantitative estimate of drug-likeness (QED) is 0.383. The minimum Gasteiger partial charge on any atom is -0.462 e. The molecule has 0 saturated heterocycles. The van der Waals surface area contributed by atoms with Gasteiger partial charge in [-0.3, -0.25) is 4.79 Å². The molecule has 0 aliphatic heterocycles. The molecule has 0 radical (unpaired) electrons. The zero-order chi connectivity index (χ0) is 9.61. The van der Waals surface area contributed by atoms with Gasteiger partial charge >= 0.3 is 5.97 Å². The summed E-state index contributed by atoms with van der Waals surface area (Å²) < 4.78 is 4.75. The number of carbonyl (C=O) groups excluding carboxylic acids is 1. The van der Waals surface area contributed by atoms with E-state index in [4.69, 9.17) is 4.74 Å². The third kappa shape index (κ3) is 9.43. The number of esters is 1. The highest BCUT2D eigenvalue weighted by Gasteiger charge is 2.08. The first-order chi connectivity index (χ1) is 5.42. The molecule has 3 heteroatoms. The fraction of sp³-hybridized carbons (Fsp3) is 0.667. The molecule has 0 amide bonds. The van der Waals surface area contributed by atoms with E-state index >= 15 is 0 Å². The van der Waals surface area contributed by atoms with Crippen LogP contribution in [-0.2, 0) is 9.53 Å². The number of allylic oxidation sites excluding steroid dienone is 1. The Morgan fingerprint density at radius 3 is 2.33 bits per heavy atom. The SMILES string of the molecule is CC(=O)OCC=CC[Si](C)(C)C. The second-order valence-corrected chi connectivity index (χ2v) is 9.57. The first kappa shape index (κ1) is 11.4. The van der Waals surface area contributed by atoms with Gasteiger partial charge in [-0.1, -0.05) is 31.8 Å². The molecule has 0 rings (SSSR count). The molecule has 0 saturated carbocycles. The van der Waals surface area contributed by atoms with Gasteiger partial charge in [0.1, 0.15) is 6.61 Å². The van der Waals surface area contributed by atoms with Crippen LogP contribution in [0.15, 0.2) is 12.2 Å². The predicted octanol–water partition coefficient (Wildman–Crippen LogP) is 2.44. The van der Waals surface area contributed by atoms with Gasteiger partial charge in [-0.2, -0.15) is 0 Å². The highest BCUT2D eigenvalue weighted by Crippen LogP contribution is 2.07. The largest absolute Gasteiger partial charge is 0.462 e. The van der Waals surface area contributed by atoms with Crippen LogP contribution < -0.4 is 0 Å². The molecule has 70 valence electrons. The summed E-state index contributed by atoms with van der Waals surface area (Å²) in [5.41, 5.74) is 0. The maximum absolute atomic E-state index is 10.4. The van der Waals surface area contributed by atoms with Gasteiger partial charge in [-0.15, -0.1) is 0 Å². The van der Waals surface area contributed by atoms with Gasteiger partial charge in [0.15, 0.2) is 0 Å². The van der Waals surface area contributed by atoms with E-state index in [1.165, 1.54) is 6.92 Å². The Kier molecular flexibility index (Phi) is 4.89. The van der Waals surface area contributed by atoms with E-state index in [1.54, 1.807) is 0 Å². The Balaban J connectivity index is 3.45. The van der Waals surface area contributed by atoms with Crippen LogP contribution in [0.1, 0.15) is 6.92 Å². The van der Waals surface area contributed by atoms with E-state index in [0.29, 0.717) is 6.61 Å². The smallest absolute Gasteiger partial charge is 0.302 e. The molecule has 0 heterocycles. The van der Waals surface area contributed by atoms with Crippen molar-refractivity contribution in [3.63, 3.8) is 0 Å². The van der Waals surface area contributed by atoms with Crippen LogP contribution in [0.5, 0.6) is 0 Å². The van der Waals surface area contributed by atoms with Crippen LogP contribution in [0.3, 0.4) is 0 Å². The van der Waals surface area contributed by atoms with Gasteiger partial charge < -0.3 is 4.74 Å². The Morgan fingerprint density at radius 2 is 1.92 bits per heavy atom. The van der Waals surface area contributed by atoms with Gasteiger partial charge in [0.2, 0.25) is 0 Å². The molecule has 0 atom stereocenters. The van der Waals surface area contributed by atoms with Gasteiger partial charge in [0.05, 0.1) is 0 Å². The topological polar surface area (TPSA) is 26.3 Å². The van der Waals surface area contributed by atoms with Crippen molar-refractivity contribution < 1.29 is 9.53 Å². The molecule has 0 aromatic carbocycles. The molecule has 0 bridgehead atoms. The standard InChI is InChI=1S/C9H18O2Si/c1-9(10)11-7-5-6-8-12(2,3)4/h5-6H,7-8H2,1-4H3. The molecular formula is C9H18O2Si. The average Bonchev–Trinajstić information content (AvgIpc) is 1.83. The molecule has 0 aliphatic rings. The molecule has 0 unspecified atom stereocenters. The first-order valence-electron chi connectivity index (χ1n) is 4.20. The van der Waals surface area contributed by atoms with E-state index in [9.17, 15) is 4.79 Å². The molecule has 0 aromatic rings. The van der Waals surface area contributed by atoms with Crippen LogP contribution in [0.4, 0.5) is 0 Å². The van der Waals surface area contributed by atoms with Crippen molar-refractivity contribution >= 4 is 14.0 Å². The van der Waals surface area contributed by atoms with Crippen molar-refractivity contribution in [2.24, 2.45) is 0 Å². The zero-order valence-corrected chi connectivity index (χ0v) is 9.39. The average molecular weight is 186 g/mol. The van der Waals surface area contributed by atoms with E-state index in [0.717, 1.165) is 6.04 Å². The minimum atomic E-state index is -0.962. The lowest BCUT2D eigenvalue weighted by Crippen LogP contribution is -2.17. The molecule has 0 spiro atoms. The highest BCUT2D eigenvalue weighted by molar-refractivity contribution is 6.76. The van der Waals surface area contributed by atoms with Crippen molar-refractivity contribution in [3.05, 3.63) is 12.2 Å². The maximum atomic E-state index is 10.4. The van der Waals surface area contributed by atoms with E-state index in [-0.39, 0.29) is 5.97 Å². The van der Waals surface area contributed by atoms with Crippen LogP contribution in [0.2, 0.25) is 25.7 Å². The second kappa shape index (κ2) is 5.14. The van der Waals surface area contributed by atoms with Gasteiger partial charge in [0, 0.05) is 15.0 Å². The normalized spacial score (nSPS) is 12.0. The third-order valence-electron chi connectivity index (χ3n) is 1.28. The van der Waals surface area contributed by atoms with Gasteiger partial charge in [0.25, 0.3) is 0 Å². The van der Waals surface area contributed by atoms with E-state index in [2.05, 4.69) is 25.7 Å². The molecule has 0 aromatic heterocycles. The van der Waals surface area contributed by atoms with Crippen molar-refractivity contribution in [3.8, 4) is 0 Å². The Bertz CT molecular complexity index is 168. The Morgan fingerprint density at radius 1 is 1.33 bits per heavy atom. The Labute approximate surface area is 75.6 Å².